The first-order chi connectivity index (χ1) is 9.60. The number of nitrogens with zero attached hydrogens (tertiary/aromatic N) is 3. The Morgan fingerprint density at radius 2 is 2.00 bits per heavy atom. The normalized spacial score (nSPS) is 12.4. The van der Waals surface area contributed by atoms with Crippen LogP contribution in [0, 0.1) is 0 Å². The molecular weight excluding hydrogens is 272 g/mol. The van der Waals surface area contributed by atoms with E-state index in [1.165, 1.54) is 0 Å². The minimum Gasteiger partial charge on any atom is -0.369 e. The van der Waals surface area contributed by atoms with E-state index in [-0.39, 0.29) is 5.92 Å². The minimum atomic E-state index is 0.250. The molecular formula is C13H20N6S. The molecule has 20 heavy (non-hydrogen) atoms. The van der Waals surface area contributed by atoms with E-state index in [0.717, 1.165) is 23.2 Å². The largest absolute Gasteiger partial charge is 0.369 e. The molecule has 0 fully saturated rings. The Bertz CT molecular complexity index is 540. The Kier molecular flexibility index (Phi) is 4.86. The van der Waals surface area contributed by atoms with Crippen LogP contribution in [0.25, 0.3) is 0 Å². The molecule has 0 amide bonds. The molecule has 2 rings (SSSR count). The van der Waals surface area contributed by atoms with Crippen LogP contribution in [-0.2, 0) is 0 Å². The summed E-state index contributed by atoms with van der Waals surface area (Å²) < 4.78 is 0. The van der Waals surface area contributed by atoms with Crippen LogP contribution in [0.5, 0.6) is 0 Å². The molecule has 2 aromatic heterocycles. The van der Waals surface area contributed by atoms with E-state index in [1.54, 1.807) is 17.4 Å². The molecule has 7 heteroatoms. The monoisotopic (exact) mass is 292 g/mol. The fourth-order valence-corrected chi connectivity index (χ4v) is 2.41. The zero-order valence-corrected chi connectivity index (χ0v) is 12.7. The van der Waals surface area contributed by atoms with Crippen molar-refractivity contribution >= 4 is 23.0 Å². The molecule has 1 atom stereocenters. The summed E-state index contributed by atoms with van der Waals surface area (Å²) in [5, 5.41) is 6.43. The van der Waals surface area contributed by atoms with E-state index in [4.69, 9.17) is 5.84 Å². The average Bonchev–Trinajstić information content (AvgIpc) is 2.98. The van der Waals surface area contributed by atoms with Crippen molar-refractivity contribution in [3.05, 3.63) is 28.5 Å². The van der Waals surface area contributed by atoms with Gasteiger partial charge in [-0.25, -0.2) is 20.8 Å². The second-order valence-electron chi connectivity index (χ2n) is 4.95. The maximum absolute atomic E-state index is 5.44. The predicted molar refractivity (Wildman–Crippen MR) is 82.9 cm³/mol. The molecule has 0 bridgehead atoms. The SMILES string of the molecule is CC(C)c1nc(NN)cc(NCC(C)c2nccs2)n1. The number of thiazole rings is 1. The number of aromatic nitrogens is 3. The van der Waals surface area contributed by atoms with Gasteiger partial charge in [0.25, 0.3) is 0 Å². The standard InChI is InChI=1S/C13H20N6S/c1-8(2)12-17-10(6-11(18-12)19-14)16-7-9(3)13-15-4-5-20-13/h4-6,8-9H,7,14H2,1-3H3,(H2,16,17,18,19). The topological polar surface area (TPSA) is 88.8 Å². The van der Waals surface area contributed by atoms with Gasteiger partial charge in [-0.05, 0) is 0 Å². The highest BCUT2D eigenvalue weighted by Crippen LogP contribution is 2.20. The van der Waals surface area contributed by atoms with Crippen LogP contribution in [0.15, 0.2) is 17.6 Å². The maximum Gasteiger partial charge on any atom is 0.145 e. The van der Waals surface area contributed by atoms with Gasteiger partial charge in [-0.15, -0.1) is 11.3 Å². The summed E-state index contributed by atoms with van der Waals surface area (Å²) in [4.78, 5) is 13.2. The fourth-order valence-electron chi connectivity index (χ4n) is 1.71. The van der Waals surface area contributed by atoms with Crippen LogP contribution in [0.3, 0.4) is 0 Å². The van der Waals surface area contributed by atoms with Gasteiger partial charge in [-0.2, -0.15) is 0 Å². The van der Waals surface area contributed by atoms with Gasteiger partial charge in [-0.1, -0.05) is 20.8 Å². The predicted octanol–water partition coefficient (Wildman–Crippen LogP) is 2.56. The second-order valence-corrected chi connectivity index (χ2v) is 5.87. The summed E-state index contributed by atoms with van der Waals surface area (Å²) in [5.74, 6) is 8.19. The van der Waals surface area contributed by atoms with E-state index in [1.807, 2.05) is 11.6 Å². The van der Waals surface area contributed by atoms with Gasteiger partial charge in [0.05, 0.1) is 5.01 Å². The van der Waals surface area contributed by atoms with Crippen LogP contribution >= 0.6 is 11.3 Å². The highest BCUT2D eigenvalue weighted by atomic mass is 32.1. The third kappa shape index (κ3) is 3.64. The highest BCUT2D eigenvalue weighted by molar-refractivity contribution is 7.09. The van der Waals surface area contributed by atoms with E-state index in [9.17, 15) is 0 Å². The number of rotatable bonds is 6. The summed E-state index contributed by atoms with van der Waals surface area (Å²) in [5.41, 5.74) is 2.58. The van der Waals surface area contributed by atoms with Gasteiger partial charge >= 0.3 is 0 Å². The molecule has 6 nitrogen and oxygen atoms in total. The lowest BCUT2D eigenvalue weighted by molar-refractivity contribution is 0.763. The summed E-state index contributed by atoms with van der Waals surface area (Å²) in [6, 6.07) is 1.81. The molecule has 0 aliphatic carbocycles. The number of nitrogen functional groups attached to an aromatic ring is 1. The van der Waals surface area contributed by atoms with Gasteiger partial charge in [0.15, 0.2) is 0 Å². The van der Waals surface area contributed by atoms with Crippen LogP contribution in [0.2, 0.25) is 0 Å². The molecule has 2 aromatic rings. The summed E-state index contributed by atoms with van der Waals surface area (Å²) in [6.07, 6.45) is 1.83. The van der Waals surface area contributed by atoms with Gasteiger partial charge in [0, 0.05) is 36.0 Å². The number of nitrogens with two attached hydrogens (primary N) is 1. The lowest BCUT2D eigenvalue weighted by Gasteiger charge is -2.13. The van der Waals surface area contributed by atoms with Gasteiger partial charge < -0.3 is 10.7 Å². The number of nitrogens with one attached hydrogen (secondary N) is 2. The van der Waals surface area contributed by atoms with E-state index < -0.39 is 0 Å². The number of anilines is 2. The van der Waals surface area contributed by atoms with Crippen molar-refractivity contribution < 1.29 is 0 Å². The second kappa shape index (κ2) is 6.62. The van der Waals surface area contributed by atoms with Crippen molar-refractivity contribution in [2.75, 3.05) is 17.3 Å². The Hall–Kier alpha value is -1.73. The highest BCUT2D eigenvalue weighted by Gasteiger charge is 2.11. The zero-order valence-electron chi connectivity index (χ0n) is 11.9. The Balaban J connectivity index is 2.07. The van der Waals surface area contributed by atoms with E-state index in [2.05, 4.69) is 46.5 Å². The maximum atomic E-state index is 5.44. The van der Waals surface area contributed by atoms with Crippen molar-refractivity contribution in [2.24, 2.45) is 5.84 Å². The van der Waals surface area contributed by atoms with Crippen molar-refractivity contribution in [3.63, 3.8) is 0 Å². The quantitative estimate of drug-likeness (QED) is 0.560. The molecule has 0 aliphatic rings. The van der Waals surface area contributed by atoms with Gasteiger partial charge in [0.1, 0.15) is 17.5 Å². The number of hydrogen-bond donors (Lipinski definition) is 3. The van der Waals surface area contributed by atoms with Crippen LogP contribution < -0.4 is 16.6 Å². The van der Waals surface area contributed by atoms with E-state index in [0.29, 0.717) is 11.7 Å². The molecule has 108 valence electrons. The van der Waals surface area contributed by atoms with Crippen LogP contribution in [-0.4, -0.2) is 21.5 Å². The Labute approximate surface area is 122 Å². The fraction of sp³-hybridized carbons (Fsp3) is 0.462. The first-order valence-corrected chi connectivity index (χ1v) is 7.47. The summed E-state index contributed by atoms with van der Waals surface area (Å²) in [6.45, 7) is 7.01. The van der Waals surface area contributed by atoms with Crippen LogP contribution in [0.1, 0.15) is 43.4 Å². The first kappa shape index (κ1) is 14.7. The van der Waals surface area contributed by atoms with Gasteiger partial charge in [0.2, 0.25) is 0 Å². The van der Waals surface area contributed by atoms with Gasteiger partial charge in [-0.3, -0.25) is 0 Å². The summed E-state index contributed by atoms with van der Waals surface area (Å²) in [7, 11) is 0. The first-order valence-electron chi connectivity index (χ1n) is 6.59. The molecule has 0 spiro atoms. The van der Waals surface area contributed by atoms with Crippen molar-refractivity contribution in [1.82, 2.24) is 15.0 Å². The zero-order chi connectivity index (χ0) is 14.5. The smallest absolute Gasteiger partial charge is 0.145 e. The Morgan fingerprint density at radius 3 is 2.60 bits per heavy atom. The van der Waals surface area contributed by atoms with Crippen molar-refractivity contribution in [3.8, 4) is 0 Å². The number of hydrogen-bond acceptors (Lipinski definition) is 7. The Morgan fingerprint density at radius 1 is 1.25 bits per heavy atom. The third-order valence-corrected chi connectivity index (χ3v) is 3.88. The molecule has 4 N–H and O–H groups in total. The lowest BCUT2D eigenvalue weighted by atomic mass is 10.2. The molecule has 0 saturated heterocycles. The molecule has 2 heterocycles. The van der Waals surface area contributed by atoms with Crippen molar-refractivity contribution in [1.29, 1.82) is 0 Å². The molecule has 0 aromatic carbocycles. The van der Waals surface area contributed by atoms with Crippen molar-refractivity contribution in [2.45, 2.75) is 32.6 Å². The number of hydrazine groups is 1. The van der Waals surface area contributed by atoms with E-state index >= 15 is 0 Å². The molecule has 1 unspecified atom stereocenters. The molecule has 0 aliphatic heterocycles. The third-order valence-electron chi connectivity index (χ3n) is 2.87. The molecule has 0 radical (unpaired) electrons. The minimum absolute atomic E-state index is 0.250. The molecule has 0 saturated carbocycles. The summed E-state index contributed by atoms with van der Waals surface area (Å²) >= 11 is 1.67. The average molecular weight is 292 g/mol. The van der Waals surface area contributed by atoms with Crippen LogP contribution in [0.4, 0.5) is 11.6 Å². The lowest BCUT2D eigenvalue weighted by Crippen LogP contribution is -2.15.